The zero-order valence-electron chi connectivity index (χ0n) is 16.9. The normalized spacial score (nSPS) is 14.5. The molecule has 2 N–H and O–H groups in total. The molecule has 0 atom stereocenters. The number of imide groups is 1. The van der Waals surface area contributed by atoms with Crippen molar-refractivity contribution in [3.63, 3.8) is 0 Å². The molecule has 6 heteroatoms. The third-order valence-corrected chi connectivity index (χ3v) is 5.50. The Morgan fingerprint density at radius 3 is 1.97 bits per heavy atom. The smallest absolute Gasteiger partial charge is 0.309 e. The molecule has 1 fully saturated rings. The van der Waals surface area contributed by atoms with E-state index in [1.807, 2.05) is 91.0 Å². The van der Waals surface area contributed by atoms with Gasteiger partial charge in [0.2, 0.25) is 0 Å². The molecule has 0 saturated carbocycles. The predicted octanol–water partition coefficient (Wildman–Crippen LogP) is 5.65. The van der Waals surface area contributed by atoms with Crippen molar-refractivity contribution in [3.05, 3.63) is 107 Å². The summed E-state index contributed by atoms with van der Waals surface area (Å²) in [6, 6.07) is 29.1. The van der Waals surface area contributed by atoms with Gasteiger partial charge in [0.1, 0.15) is 5.70 Å². The van der Waals surface area contributed by atoms with Gasteiger partial charge in [-0.2, -0.15) is 0 Å². The van der Waals surface area contributed by atoms with Gasteiger partial charge in [0.25, 0.3) is 5.91 Å². The minimum Gasteiger partial charge on any atom is -0.309 e. The zero-order valence-corrected chi connectivity index (χ0v) is 17.6. The molecule has 1 aromatic heterocycles. The number of carbonyl (C=O) groups excluding carboxylic acids is 2. The second-order valence-electron chi connectivity index (χ2n) is 7.34. The number of benzene rings is 3. The number of hydrogen-bond acceptors (Lipinski definition) is 2. The average Bonchev–Trinajstić information content (AvgIpc) is 3.34. The van der Waals surface area contributed by atoms with Crippen LogP contribution >= 0.6 is 11.6 Å². The molecule has 5 nitrogen and oxygen atoms in total. The highest BCUT2D eigenvalue weighted by molar-refractivity contribution is 6.30. The largest absolute Gasteiger partial charge is 0.326 e. The number of urea groups is 1. The second-order valence-corrected chi connectivity index (χ2v) is 7.78. The molecule has 3 aromatic carbocycles. The quantitative estimate of drug-likeness (QED) is 0.319. The van der Waals surface area contributed by atoms with Crippen LogP contribution in [0.3, 0.4) is 0 Å². The highest BCUT2D eigenvalue weighted by Crippen LogP contribution is 2.37. The number of aromatic nitrogens is 1. The van der Waals surface area contributed by atoms with Crippen LogP contribution in [0.4, 0.5) is 4.79 Å². The van der Waals surface area contributed by atoms with E-state index in [-0.39, 0.29) is 5.70 Å². The van der Waals surface area contributed by atoms with Crippen molar-refractivity contribution in [2.24, 2.45) is 0 Å². The maximum atomic E-state index is 12.2. The minimum atomic E-state index is -0.525. The average molecular weight is 440 g/mol. The standard InChI is InChI=1S/C26H18ClN3O2/c27-20-11-13-21(14-12-20)30-23(17-7-3-1-4-8-17)16-19(15-22-25(31)29-26(32)28-22)24(30)18-9-5-2-6-10-18/h1-16H,(H2,28,29,31,32)/b22-15+. The lowest BCUT2D eigenvalue weighted by molar-refractivity contribution is -0.115. The molecule has 1 saturated heterocycles. The van der Waals surface area contributed by atoms with Crippen molar-refractivity contribution in [2.75, 3.05) is 0 Å². The number of hydrogen-bond donors (Lipinski definition) is 2. The third kappa shape index (κ3) is 3.70. The minimum absolute atomic E-state index is 0.208. The molecule has 3 amide bonds. The molecule has 1 aliphatic heterocycles. The van der Waals surface area contributed by atoms with Crippen LogP contribution in [0.15, 0.2) is 96.7 Å². The molecule has 0 bridgehead atoms. The van der Waals surface area contributed by atoms with Gasteiger partial charge in [0.05, 0.1) is 11.4 Å². The molecule has 4 aromatic rings. The maximum absolute atomic E-state index is 12.2. The van der Waals surface area contributed by atoms with Crippen molar-refractivity contribution < 1.29 is 9.59 Å². The van der Waals surface area contributed by atoms with Gasteiger partial charge in [-0.05, 0) is 47.5 Å². The molecular formula is C26H18ClN3O2. The summed E-state index contributed by atoms with van der Waals surface area (Å²) in [5, 5.41) is 5.49. The van der Waals surface area contributed by atoms with Gasteiger partial charge in [0.15, 0.2) is 0 Å². The van der Waals surface area contributed by atoms with Crippen LogP contribution in [0, 0.1) is 0 Å². The Labute approximate surface area is 190 Å². The Bertz CT molecular complexity index is 1340. The molecule has 0 radical (unpaired) electrons. The topological polar surface area (TPSA) is 63.1 Å². The van der Waals surface area contributed by atoms with E-state index in [0.717, 1.165) is 33.8 Å². The van der Waals surface area contributed by atoms with Gasteiger partial charge >= 0.3 is 6.03 Å². The number of carbonyl (C=O) groups is 2. The predicted molar refractivity (Wildman–Crippen MR) is 126 cm³/mol. The van der Waals surface area contributed by atoms with E-state index in [2.05, 4.69) is 15.2 Å². The fraction of sp³-hybridized carbons (Fsp3) is 0. The zero-order chi connectivity index (χ0) is 22.1. The maximum Gasteiger partial charge on any atom is 0.326 e. The lowest BCUT2D eigenvalue weighted by atomic mass is 10.1. The second kappa shape index (κ2) is 8.21. The number of amides is 3. The first-order valence-corrected chi connectivity index (χ1v) is 10.4. The Kier molecular flexibility index (Phi) is 5.09. The van der Waals surface area contributed by atoms with Crippen molar-refractivity contribution in [2.45, 2.75) is 0 Å². The number of rotatable bonds is 4. The number of nitrogens with zero attached hydrogens (tertiary/aromatic N) is 1. The van der Waals surface area contributed by atoms with Crippen molar-refractivity contribution >= 4 is 29.6 Å². The summed E-state index contributed by atoms with van der Waals surface area (Å²) in [6.45, 7) is 0. The molecule has 2 heterocycles. The lowest BCUT2D eigenvalue weighted by Crippen LogP contribution is -2.22. The molecule has 0 aliphatic carbocycles. The molecule has 5 rings (SSSR count). The SMILES string of the molecule is O=C1NC(=O)/C(=C\c2cc(-c3ccccc3)n(-c3ccc(Cl)cc3)c2-c2ccccc2)N1. The molecule has 1 aliphatic rings. The first-order chi connectivity index (χ1) is 15.6. The first-order valence-electron chi connectivity index (χ1n) is 10.1. The van der Waals surface area contributed by atoms with Crippen LogP contribution in [-0.4, -0.2) is 16.5 Å². The van der Waals surface area contributed by atoms with Crippen molar-refractivity contribution in [1.82, 2.24) is 15.2 Å². The summed E-state index contributed by atoms with van der Waals surface area (Å²) >= 11 is 6.16. The summed E-state index contributed by atoms with van der Waals surface area (Å²) in [4.78, 5) is 23.9. The molecule has 0 unspecified atom stereocenters. The first kappa shape index (κ1) is 19.8. The number of halogens is 1. The summed E-state index contributed by atoms with van der Waals surface area (Å²) in [5.41, 5.74) is 5.77. The van der Waals surface area contributed by atoms with E-state index in [4.69, 9.17) is 11.6 Å². The Balaban J connectivity index is 1.83. The van der Waals surface area contributed by atoms with E-state index < -0.39 is 11.9 Å². The van der Waals surface area contributed by atoms with Crippen LogP contribution in [-0.2, 0) is 4.79 Å². The van der Waals surface area contributed by atoms with Crippen LogP contribution in [0.25, 0.3) is 34.3 Å². The summed E-state index contributed by atoms with van der Waals surface area (Å²) < 4.78 is 2.14. The van der Waals surface area contributed by atoms with Crippen LogP contribution in [0.5, 0.6) is 0 Å². The van der Waals surface area contributed by atoms with E-state index >= 15 is 0 Å². The molecule has 156 valence electrons. The number of nitrogens with one attached hydrogen (secondary N) is 2. The fourth-order valence-electron chi connectivity index (χ4n) is 3.85. The lowest BCUT2D eigenvalue weighted by Gasteiger charge is -2.15. The van der Waals surface area contributed by atoms with Crippen LogP contribution in [0.2, 0.25) is 5.02 Å². The Hall–Kier alpha value is -4.09. The summed E-state index contributed by atoms with van der Waals surface area (Å²) in [5.74, 6) is -0.450. The molecular weight excluding hydrogens is 422 g/mol. The molecule has 32 heavy (non-hydrogen) atoms. The van der Waals surface area contributed by atoms with E-state index in [1.54, 1.807) is 6.08 Å². The van der Waals surface area contributed by atoms with Gasteiger partial charge in [-0.1, -0.05) is 72.3 Å². The molecule has 0 spiro atoms. The Morgan fingerprint density at radius 2 is 1.38 bits per heavy atom. The van der Waals surface area contributed by atoms with Crippen molar-refractivity contribution in [3.8, 4) is 28.2 Å². The summed E-state index contributed by atoms with van der Waals surface area (Å²) in [6.07, 6.45) is 1.71. The Morgan fingerprint density at radius 1 is 0.750 bits per heavy atom. The van der Waals surface area contributed by atoms with Gasteiger partial charge in [-0.15, -0.1) is 0 Å². The van der Waals surface area contributed by atoms with Crippen LogP contribution in [0.1, 0.15) is 5.56 Å². The highest BCUT2D eigenvalue weighted by Gasteiger charge is 2.25. The van der Waals surface area contributed by atoms with Gasteiger partial charge in [-0.3, -0.25) is 10.1 Å². The highest BCUT2D eigenvalue weighted by atomic mass is 35.5. The van der Waals surface area contributed by atoms with E-state index in [0.29, 0.717) is 5.02 Å². The van der Waals surface area contributed by atoms with E-state index in [9.17, 15) is 9.59 Å². The van der Waals surface area contributed by atoms with Gasteiger partial charge in [0, 0.05) is 16.3 Å². The fourth-order valence-corrected chi connectivity index (χ4v) is 3.98. The van der Waals surface area contributed by atoms with E-state index in [1.165, 1.54) is 0 Å². The van der Waals surface area contributed by atoms with Crippen molar-refractivity contribution in [1.29, 1.82) is 0 Å². The van der Waals surface area contributed by atoms with Crippen LogP contribution < -0.4 is 10.6 Å². The van der Waals surface area contributed by atoms with Gasteiger partial charge in [-0.25, -0.2) is 4.79 Å². The summed E-state index contributed by atoms with van der Waals surface area (Å²) in [7, 11) is 0. The monoisotopic (exact) mass is 439 g/mol. The van der Waals surface area contributed by atoms with Gasteiger partial charge < -0.3 is 9.88 Å². The third-order valence-electron chi connectivity index (χ3n) is 5.25.